The fourth-order valence-corrected chi connectivity index (χ4v) is 2.46. The molecule has 3 rings (SSSR count). The minimum absolute atomic E-state index is 0.608. The highest BCUT2D eigenvalue weighted by atomic mass is 16.1. The lowest BCUT2D eigenvalue weighted by atomic mass is 10.1. The molecule has 83 valence electrons. The average Bonchev–Trinajstić information content (AvgIpc) is 2.71. The van der Waals surface area contributed by atoms with E-state index in [1.807, 2.05) is 36.6 Å². The van der Waals surface area contributed by atoms with Gasteiger partial charge in [0.25, 0.3) is 0 Å². The third-order valence-electron chi connectivity index (χ3n) is 3.21. The molecule has 0 fully saturated rings. The van der Waals surface area contributed by atoms with E-state index < -0.39 is 0 Å². The largest absolute Gasteiger partial charge is 0.341 e. The van der Waals surface area contributed by atoms with Crippen molar-refractivity contribution in [3.05, 3.63) is 48.0 Å². The first-order chi connectivity index (χ1) is 8.35. The number of benzene rings is 2. The van der Waals surface area contributed by atoms with Crippen LogP contribution in [0.5, 0.6) is 0 Å². The Morgan fingerprint density at radius 3 is 2.59 bits per heavy atom. The van der Waals surface area contributed by atoms with Crippen LogP contribution in [0.3, 0.4) is 0 Å². The first kappa shape index (κ1) is 10.1. The molecule has 0 atom stereocenters. The third kappa shape index (κ3) is 1.37. The van der Waals surface area contributed by atoms with E-state index in [2.05, 4.69) is 23.6 Å². The number of hydrogen-bond acceptors (Lipinski definition) is 1. The van der Waals surface area contributed by atoms with Gasteiger partial charge in [0.15, 0.2) is 0 Å². The van der Waals surface area contributed by atoms with Crippen molar-refractivity contribution in [3.8, 4) is 0 Å². The van der Waals surface area contributed by atoms with Crippen molar-refractivity contribution >= 4 is 28.1 Å². The predicted octanol–water partition coefficient (Wildman–Crippen LogP) is 3.27. The number of carbonyl (C=O) groups excluding carboxylic acids is 1. The minimum Gasteiger partial charge on any atom is -0.341 e. The first-order valence-corrected chi connectivity index (χ1v) is 5.74. The van der Waals surface area contributed by atoms with Gasteiger partial charge in [-0.2, -0.15) is 0 Å². The normalized spacial score (nSPS) is 11.1. The molecule has 1 heterocycles. The summed E-state index contributed by atoms with van der Waals surface area (Å²) in [4.78, 5) is 10.7. The molecule has 0 saturated carbocycles. The second-order valence-corrected chi connectivity index (χ2v) is 4.10. The summed E-state index contributed by atoms with van der Waals surface area (Å²) >= 11 is 0. The van der Waals surface area contributed by atoms with Crippen LogP contribution in [0.25, 0.3) is 21.8 Å². The van der Waals surface area contributed by atoms with E-state index in [-0.39, 0.29) is 0 Å². The second kappa shape index (κ2) is 3.74. The van der Waals surface area contributed by atoms with Crippen LogP contribution in [-0.2, 0) is 11.3 Å². The van der Waals surface area contributed by atoms with Crippen molar-refractivity contribution in [2.24, 2.45) is 0 Å². The van der Waals surface area contributed by atoms with Gasteiger partial charge in [0.2, 0.25) is 6.29 Å². The van der Waals surface area contributed by atoms with Crippen molar-refractivity contribution in [1.29, 1.82) is 0 Å². The molecule has 0 N–H and O–H groups in total. The van der Waals surface area contributed by atoms with Gasteiger partial charge in [0, 0.05) is 33.9 Å². The Morgan fingerprint density at radius 2 is 1.82 bits per heavy atom. The zero-order valence-electron chi connectivity index (χ0n) is 9.60. The molecule has 0 aliphatic carbocycles. The zero-order valence-corrected chi connectivity index (χ0v) is 9.60. The molecule has 0 bridgehead atoms. The van der Waals surface area contributed by atoms with Crippen molar-refractivity contribution in [1.82, 2.24) is 4.57 Å². The highest BCUT2D eigenvalue weighted by molar-refractivity contribution is 6.09. The number of para-hydroxylation sites is 1. The molecule has 1 aromatic heterocycles. The van der Waals surface area contributed by atoms with Gasteiger partial charge in [-0.3, -0.25) is 4.79 Å². The highest BCUT2D eigenvalue weighted by Gasteiger charge is 2.09. The van der Waals surface area contributed by atoms with Crippen molar-refractivity contribution in [3.63, 3.8) is 0 Å². The maximum Gasteiger partial charge on any atom is 0.233 e. The van der Waals surface area contributed by atoms with E-state index in [9.17, 15) is 4.79 Å². The average molecular weight is 222 g/mol. The predicted molar refractivity (Wildman–Crippen MR) is 69.9 cm³/mol. The summed E-state index contributed by atoms with van der Waals surface area (Å²) < 4.78 is 2.26. The van der Waals surface area contributed by atoms with Crippen LogP contribution in [0.15, 0.2) is 42.5 Å². The Bertz CT molecular complexity index is 709. The second-order valence-electron chi connectivity index (χ2n) is 4.10. The van der Waals surface area contributed by atoms with Crippen LogP contribution < -0.4 is 0 Å². The molecule has 2 heteroatoms. The van der Waals surface area contributed by atoms with E-state index >= 15 is 0 Å². The summed E-state index contributed by atoms with van der Waals surface area (Å²) in [7, 11) is 0. The van der Waals surface area contributed by atoms with E-state index in [1.165, 1.54) is 16.4 Å². The Balaban J connectivity index is 2.53. The lowest BCUT2D eigenvalue weighted by molar-refractivity contribution is 0.563. The lowest BCUT2D eigenvalue weighted by Crippen LogP contribution is -1.92. The van der Waals surface area contributed by atoms with Gasteiger partial charge in [0.05, 0.1) is 0 Å². The Morgan fingerprint density at radius 1 is 1.06 bits per heavy atom. The topological polar surface area (TPSA) is 22.0 Å². The molecule has 0 unspecified atom stereocenters. The fourth-order valence-electron chi connectivity index (χ4n) is 2.46. The van der Waals surface area contributed by atoms with Gasteiger partial charge in [-0.05, 0) is 31.2 Å². The third-order valence-corrected chi connectivity index (χ3v) is 3.21. The highest BCUT2D eigenvalue weighted by Crippen LogP contribution is 2.29. The van der Waals surface area contributed by atoms with Gasteiger partial charge in [-0.15, -0.1) is 0 Å². The molecule has 1 radical (unpaired) electrons. The van der Waals surface area contributed by atoms with Crippen LogP contribution in [-0.4, -0.2) is 10.9 Å². The maximum atomic E-state index is 10.7. The van der Waals surface area contributed by atoms with Crippen LogP contribution in [0, 0.1) is 0 Å². The van der Waals surface area contributed by atoms with Gasteiger partial charge in [0.1, 0.15) is 0 Å². The SMILES string of the molecule is CCn1c2ccccc2c2cc([C]=O)ccc21. The van der Waals surface area contributed by atoms with Crippen LogP contribution >= 0.6 is 0 Å². The van der Waals surface area contributed by atoms with Gasteiger partial charge < -0.3 is 4.57 Å². The molecular formula is C15H12NO. The minimum atomic E-state index is 0.608. The monoisotopic (exact) mass is 222 g/mol. The Hall–Kier alpha value is -2.09. The maximum absolute atomic E-state index is 10.7. The number of fused-ring (bicyclic) bond motifs is 3. The molecule has 0 spiro atoms. The summed E-state index contributed by atoms with van der Waals surface area (Å²) in [6.07, 6.45) is 1.95. The van der Waals surface area contributed by atoms with Crippen LogP contribution in [0.4, 0.5) is 0 Å². The van der Waals surface area contributed by atoms with Gasteiger partial charge in [-0.25, -0.2) is 0 Å². The van der Waals surface area contributed by atoms with E-state index in [0.717, 1.165) is 11.9 Å². The molecule has 2 aromatic carbocycles. The number of hydrogen-bond donors (Lipinski definition) is 0. The van der Waals surface area contributed by atoms with Crippen molar-refractivity contribution in [2.75, 3.05) is 0 Å². The summed E-state index contributed by atoms with van der Waals surface area (Å²) in [5.41, 5.74) is 3.00. The summed E-state index contributed by atoms with van der Waals surface area (Å²) in [6, 6.07) is 14.0. The molecule has 0 amide bonds. The molecule has 0 aliphatic rings. The Labute approximate surface area is 99.5 Å². The molecule has 0 aliphatic heterocycles. The summed E-state index contributed by atoms with van der Waals surface area (Å²) in [6.45, 7) is 3.06. The van der Waals surface area contributed by atoms with Crippen LogP contribution in [0.1, 0.15) is 12.5 Å². The van der Waals surface area contributed by atoms with Gasteiger partial charge >= 0.3 is 0 Å². The summed E-state index contributed by atoms with van der Waals surface area (Å²) in [5.74, 6) is 0. The number of nitrogens with zero attached hydrogens (tertiary/aromatic N) is 1. The number of aromatic nitrogens is 1. The van der Waals surface area contributed by atoms with E-state index in [1.54, 1.807) is 0 Å². The van der Waals surface area contributed by atoms with Gasteiger partial charge in [-0.1, -0.05) is 18.2 Å². The van der Waals surface area contributed by atoms with E-state index in [0.29, 0.717) is 5.56 Å². The molecule has 2 nitrogen and oxygen atoms in total. The number of aryl methyl sites for hydroxylation is 1. The standard InChI is InChI=1S/C15H12NO/c1-2-16-14-6-4-3-5-12(14)13-9-11(10-17)7-8-15(13)16/h3-9H,2H2,1H3. The Kier molecular flexibility index (Phi) is 2.22. The first-order valence-electron chi connectivity index (χ1n) is 5.74. The molecule has 17 heavy (non-hydrogen) atoms. The molecular weight excluding hydrogens is 210 g/mol. The number of rotatable bonds is 2. The van der Waals surface area contributed by atoms with Crippen LogP contribution in [0.2, 0.25) is 0 Å². The molecule has 0 saturated heterocycles. The van der Waals surface area contributed by atoms with Crippen molar-refractivity contribution in [2.45, 2.75) is 13.5 Å². The quantitative estimate of drug-likeness (QED) is 0.652. The zero-order chi connectivity index (χ0) is 11.8. The smallest absolute Gasteiger partial charge is 0.233 e. The summed E-state index contributed by atoms with van der Waals surface area (Å²) in [5, 5.41) is 2.32. The van der Waals surface area contributed by atoms with Crippen molar-refractivity contribution < 1.29 is 4.79 Å². The fraction of sp³-hybridized carbons (Fsp3) is 0.133. The molecule has 3 aromatic rings. The van der Waals surface area contributed by atoms with E-state index in [4.69, 9.17) is 0 Å². The lowest BCUT2D eigenvalue weighted by Gasteiger charge is -2.02.